The number of sulfone groups is 1. The Balaban J connectivity index is 2.04. The van der Waals surface area contributed by atoms with E-state index in [1.165, 1.54) is 30.6 Å². The number of hydrogen-bond donors (Lipinski definition) is 0. The number of hydrogen-bond acceptors (Lipinski definition) is 4. The minimum atomic E-state index is -3.65. The lowest BCUT2D eigenvalue weighted by molar-refractivity contribution is 0.0647. The summed E-state index contributed by atoms with van der Waals surface area (Å²) in [6, 6.07) is 4.21. The minimum absolute atomic E-state index is 0.0425. The first-order chi connectivity index (χ1) is 11.2. The standard InChI is InChI=1S/C14H15Cl2F2N3O2S/c1-20(9-13-19-4-5-21(13)14(17)18)6-7-24(22,23)12-8-10(15)2-3-11(12)16/h2-5,8,14H,6-7,9H2,1H3. The van der Waals surface area contributed by atoms with E-state index in [2.05, 4.69) is 4.98 Å². The van der Waals surface area contributed by atoms with Crippen molar-refractivity contribution in [1.29, 1.82) is 0 Å². The molecule has 0 unspecified atom stereocenters. The first kappa shape index (κ1) is 19.1. The highest BCUT2D eigenvalue weighted by Crippen LogP contribution is 2.26. The zero-order valence-corrected chi connectivity index (χ0v) is 15.0. The summed E-state index contributed by atoms with van der Waals surface area (Å²) in [6.45, 7) is -2.47. The molecule has 0 aliphatic heterocycles. The van der Waals surface area contributed by atoms with Crippen LogP contribution in [0, 0.1) is 0 Å². The maximum absolute atomic E-state index is 12.8. The molecule has 0 saturated carbocycles. The lowest BCUT2D eigenvalue weighted by Crippen LogP contribution is -2.27. The summed E-state index contributed by atoms with van der Waals surface area (Å²) in [5.41, 5.74) is 0. The summed E-state index contributed by atoms with van der Waals surface area (Å²) < 4.78 is 51.0. The average molecular weight is 398 g/mol. The highest BCUT2D eigenvalue weighted by atomic mass is 35.5. The predicted molar refractivity (Wildman–Crippen MR) is 88.3 cm³/mol. The van der Waals surface area contributed by atoms with Gasteiger partial charge in [-0.2, -0.15) is 8.78 Å². The van der Waals surface area contributed by atoms with E-state index in [9.17, 15) is 17.2 Å². The van der Waals surface area contributed by atoms with Gasteiger partial charge in [0.1, 0.15) is 5.82 Å². The van der Waals surface area contributed by atoms with Crippen LogP contribution in [-0.2, 0) is 16.4 Å². The zero-order chi connectivity index (χ0) is 17.9. The van der Waals surface area contributed by atoms with Gasteiger partial charge in [-0.25, -0.2) is 13.4 Å². The van der Waals surface area contributed by atoms with Crippen LogP contribution >= 0.6 is 23.2 Å². The summed E-state index contributed by atoms with van der Waals surface area (Å²) >= 11 is 11.7. The summed E-state index contributed by atoms with van der Waals surface area (Å²) in [6.07, 6.45) is 2.45. The molecule has 0 N–H and O–H groups in total. The molecule has 0 fully saturated rings. The van der Waals surface area contributed by atoms with Crippen molar-refractivity contribution in [3.8, 4) is 0 Å². The summed E-state index contributed by atoms with van der Waals surface area (Å²) in [7, 11) is -2.02. The van der Waals surface area contributed by atoms with E-state index in [0.29, 0.717) is 0 Å². The number of nitrogens with zero attached hydrogens (tertiary/aromatic N) is 3. The van der Waals surface area contributed by atoms with Gasteiger partial charge in [-0.1, -0.05) is 23.2 Å². The lowest BCUT2D eigenvalue weighted by Gasteiger charge is -2.17. The maximum Gasteiger partial charge on any atom is 0.319 e. The summed E-state index contributed by atoms with van der Waals surface area (Å²) in [5, 5.41) is 0.362. The second-order valence-electron chi connectivity index (χ2n) is 5.16. The number of halogens is 4. The third-order valence-electron chi connectivity index (χ3n) is 3.34. The minimum Gasteiger partial charge on any atom is -0.298 e. The van der Waals surface area contributed by atoms with Crippen molar-refractivity contribution in [3.05, 3.63) is 46.5 Å². The second kappa shape index (κ2) is 7.77. The van der Waals surface area contributed by atoms with Crippen LogP contribution < -0.4 is 0 Å². The van der Waals surface area contributed by atoms with E-state index < -0.39 is 16.4 Å². The normalized spacial score (nSPS) is 12.3. The van der Waals surface area contributed by atoms with Gasteiger partial charge in [-0.3, -0.25) is 9.47 Å². The molecular formula is C14H15Cl2F2N3O2S. The van der Waals surface area contributed by atoms with E-state index >= 15 is 0 Å². The topological polar surface area (TPSA) is 55.2 Å². The van der Waals surface area contributed by atoms with Crippen LogP contribution in [0.5, 0.6) is 0 Å². The molecule has 2 rings (SSSR count). The number of benzene rings is 1. The van der Waals surface area contributed by atoms with Gasteiger partial charge in [0.2, 0.25) is 0 Å². The van der Waals surface area contributed by atoms with Gasteiger partial charge in [-0.05, 0) is 25.2 Å². The summed E-state index contributed by atoms with van der Waals surface area (Å²) in [4.78, 5) is 5.41. The van der Waals surface area contributed by atoms with Gasteiger partial charge >= 0.3 is 6.55 Å². The van der Waals surface area contributed by atoms with Crippen LogP contribution in [0.3, 0.4) is 0 Å². The van der Waals surface area contributed by atoms with Crippen molar-refractivity contribution in [3.63, 3.8) is 0 Å². The Morgan fingerprint density at radius 2 is 2.04 bits per heavy atom. The van der Waals surface area contributed by atoms with Gasteiger partial charge in [0.15, 0.2) is 9.84 Å². The van der Waals surface area contributed by atoms with Crippen LogP contribution in [0.1, 0.15) is 12.4 Å². The second-order valence-corrected chi connectivity index (χ2v) is 8.08. The van der Waals surface area contributed by atoms with Crippen molar-refractivity contribution in [2.24, 2.45) is 0 Å². The molecule has 0 aliphatic rings. The molecule has 0 amide bonds. The highest BCUT2D eigenvalue weighted by molar-refractivity contribution is 7.91. The van der Waals surface area contributed by atoms with Crippen LogP contribution in [0.4, 0.5) is 8.78 Å². The lowest BCUT2D eigenvalue weighted by atomic mass is 10.4. The molecule has 1 aromatic heterocycles. The number of alkyl halides is 2. The fourth-order valence-corrected chi connectivity index (χ4v) is 4.22. The fraction of sp³-hybridized carbons (Fsp3) is 0.357. The summed E-state index contributed by atoms with van der Waals surface area (Å²) in [5.74, 6) is -0.0652. The quantitative estimate of drug-likeness (QED) is 0.717. The molecule has 10 heteroatoms. The average Bonchev–Trinajstić information content (AvgIpc) is 2.96. The Hall–Kier alpha value is -1.22. The van der Waals surface area contributed by atoms with Crippen molar-refractivity contribution in [1.82, 2.24) is 14.5 Å². The van der Waals surface area contributed by atoms with Crippen LogP contribution in [0.2, 0.25) is 10.0 Å². The Kier molecular flexibility index (Phi) is 6.19. The van der Waals surface area contributed by atoms with E-state index in [-0.39, 0.29) is 39.6 Å². The molecule has 0 atom stereocenters. The molecule has 0 aliphatic carbocycles. The first-order valence-electron chi connectivity index (χ1n) is 6.87. The van der Waals surface area contributed by atoms with Crippen molar-refractivity contribution in [2.75, 3.05) is 19.3 Å². The number of aromatic nitrogens is 2. The maximum atomic E-state index is 12.8. The molecule has 0 bridgehead atoms. The van der Waals surface area contributed by atoms with Gasteiger partial charge in [0.05, 0.1) is 22.2 Å². The molecular weight excluding hydrogens is 383 g/mol. The molecule has 0 saturated heterocycles. The molecule has 5 nitrogen and oxygen atoms in total. The Morgan fingerprint density at radius 3 is 2.71 bits per heavy atom. The van der Waals surface area contributed by atoms with Gasteiger partial charge in [0.25, 0.3) is 0 Å². The van der Waals surface area contributed by atoms with E-state index in [1.807, 2.05) is 0 Å². The van der Waals surface area contributed by atoms with Crippen molar-refractivity contribution in [2.45, 2.75) is 18.0 Å². The number of imidazole rings is 1. The van der Waals surface area contributed by atoms with Gasteiger partial charge in [-0.15, -0.1) is 0 Å². The van der Waals surface area contributed by atoms with Gasteiger partial charge in [0, 0.05) is 24.0 Å². The van der Waals surface area contributed by atoms with Crippen LogP contribution in [0.25, 0.3) is 0 Å². The SMILES string of the molecule is CN(CCS(=O)(=O)c1cc(Cl)ccc1Cl)Cc1nccn1C(F)F. The van der Waals surface area contributed by atoms with Crippen LogP contribution in [0.15, 0.2) is 35.5 Å². The Bertz CT molecular complexity index is 812. The monoisotopic (exact) mass is 397 g/mol. The number of rotatable bonds is 7. The molecule has 1 heterocycles. The molecule has 1 aromatic carbocycles. The van der Waals surface area contributed by atoms with Crippen LogP contribution in [-0.4, -0.2) is 42.2 Å². The Morgan fingerprint density at radius 1 is 1.33 bits per heavy atom. The third kappa shape index (κ3) is 4.66. The predicted octanol–water partition coefficient (Wildman–Crippen LogP) is 3.49. The molecule has 0 radical (unpaired) electrons. The molecule has 24 heavy (non-hydrogen) atoms. The first-order valence-corrected chi connectivity index (χ1v) is 9.28. The van der Waals surface area contributed by atoms with E-state index in [4.69, 9.17) is 23.2 Å². The molecule has 2 aromatic rings. The highest BCUT2D eigenvalue weighted by Gasteiger charge is 2.20. The van der Waals surface area contributed by atoms with Gasteiger partial charge < -0.3 is 0 Å². The fourth-order valence-electron chi connectivity index (χ4n) is 2.07. The Labute approximate surface area is 148 Å². The smallest absolute Gasteiger partial charge is 0.298 e. The van der Waals surface area contributed by atoms with Crippen molar-refractivity contribution >= 4 is 33.0 Å². The molecule has 132 valence electrons. The van der Waals surface area contributed by atoms with Crippen molar-refractivity contribution < 1.29 is 17.2 Å². The van der Waals surface area contributed by atoms with E-state index in [0.717, 1.165) is 4.57 Å². The zero-order valence-electron chi connectivity index (χ0n) is 12.7. The van der Waals surface area contributed by atoms with E-state index in [1.54, 1.807) is 11.9 Å². The third-order valence-corrected chi connectivity index (χ3v) is 5.75. The largest absolute Gasteiger partial charge is 0.319 e. The molecule has 0 spiro atoms.